The highest BCUT2D eigenvalue weighted by Gasteiger charge is 2.15. The molecule has 0 amide bonds. The Morgan fingerprint density at radius 1 is 1.21 bits per heavy atom. The maximum absolute atomic E-state index is 12.8. The number of esters is 1. The Bertz CT molecular complexity index is 1380. The zero-order valence-electron chi connectivity index (χ0n) is 15.6. The number of ether oxygens (including phenoxy) is 1. The predicted molar refractivity (Wildman–Crippen MR) is 107 cm³/mol. The molecular weight excluding hydrogens is 398 g/mol. The van der Waals surface area contributed by atoms with Crippen LogP contribution in [-0.2, 0) is 17.7 Å². The summed E-state index contributed by atoms with van der Waals surface area (Å²) in [4.78, 5) is 36.5. The van der Waals surface area contributed by atoms with Crippen molar-refractivity contribution >= 4 is 34.2 Å². The van der Waals surface area contributed by atoms with Gasteiger partial charge in [0, 0.05) is 22.7 Å². The average molecular weight is 414 g/mol. The SMILES string of the molecule is CCc1cc2oc(=O)cc(Cn3nc4ccc(C(=O)OC)cn4c3=O)c2cc1Cl. The largest absolute Gasteiger partial charge is 0.465 e. The molecule has 9 heteroatoms. The number of aromatic nitrogens is 3. The molecule has 0 bridgehead atoms. The maximum atomic E-state index is 12.8. The van der Waals surface area contributed by atoms with Crippen LogP contribution in [0.25, 0.3) is 16.6 Å². The fraction of sp³-hybridized carbons (Fsp3) is 0.200. The minimum absolute atomic E-state index is 0.0397. The molecule has 0 spiro atoms. The van der Waals surface area contributed by atoms with Gasteiger partial charge in [-0.15, -0.1) is 5.10 Å². The van der Waals surface area contributed by atoms with E-state index in [1.807, 2.05) is 6.92 Å². The second-order valence-corrected chi connectivity index (χ2v) is 6.87. The zero-order valence-corrected chi connectivity index (χ0v) is 16.4. The number of carbonyl (C=O) groups excluding carboxylic acids is 1. The smallest absolute Gasteiger partial charge is 0.350 e. The van der Waals surface area contributed by atoms with Gasteiger partial charge in [0.15, 0.2) is 5.65 Å². The summed E-state index contributed by atoms with van der Waals surface area (Å²) >= 11 is 6.32. The van der Waals surface area contributed by atoms with Gasteiger partial charge in [-0.3, -0.25) is 0 Å². The summed E-state index contributed by atoms with van der Waals surface area (Å²) in [6.07, 6.45) is 2.06. The van der Waals surface area contributed by atoms with Crippen molar-refractivity contribution < 1.29 is 13.9 Å². The van der Waals surface area contributed by atoms with Crippen LogP contribution in [0.3, 0.4) is 0 Å². The third kappa shape index (κ3) is 3.31. The van der Waals surface area contributed by atoms with Gasteiger partial charge >= 0.3 is 17.3 Å². The maximum Gasteiger partial charge on any atom is 0.350 e. The Balaban J connectivity index is 1.84. The van der Waals surface area contributed by atoms with Crippen molar-refractivity contribution in [3.05, 3.63) is 79.1 Å². The topological polar surface area (TPSA) is 95.8 Å². The van der Waals surface area contributed by atoms with Gasteiger partial charge in [0.1, 0.15) is 5.58 Å². The van der Waals surface area contributed by atoms with Gasteiger partial charge in [0.2, 0.25) is 0 Å². The van der Waals surface area contributed by atoms with Crippen LogP contribution >= 0.6 is 11.6 Å². The minimum Gasteiger partial charge on any atom is -0.465 e. The summed E-state index contributed by atoms with van der Waals surface area (Å²) in [7, 11) is 1.26. The number of rotatable bonds is 4. The van der Waals surface area contributed by atoms with Crippen molar-refractivity contribution in [3.63, 3.8) is 0 Å². The Morgan fingerprint density at radius 2 is 2.00 bits per heavy atom. The van der Waals surface area contributed by atoms with E-state index in [0.717, 1.165) is 5.56 Å². The highest BCUT2D eigenvalue weighted by molar-refractivity contribution is 6.32. The Hall–Kier alpha value is -3.39. The molecule has 3 heterocycles. The molecule has 0 atom stereocenters. The fourth-order valence-corrected chi connectivity index (χ4v) is 3.51. The molecule has 0 fully saturated rings. The number of methoxy groups -OCH3 is 1. The Labute approximate surface area is 168 Å². The summed E-state index contributed by atoms with van der Waals surface area (Å²) in [6, 6.07) is 7.85. The van der Waals surface area contributed by atoms with Crippen LogP contribution in [0.15, 0.2) is 50.5 Å². The van der Waals surface area contributed by atoms with E-state index in [-0.39, 0.29) is 12.1 Å². The van der Waals surface area contributed by atoms with Crippen LogP contribution in [0.2, 0.25) is 5.02 Å². The fourth-order valence-electron chi connectivity index (χ4n) is 3.21. The number of aryl methyl sites for hydroxylation is 1. The lowest BCUT2D eigenvalue weighted by atomic mass is 10.1. The van der Waals surface area contributed by atoms with E-state index in [4.69, 9.17) is 16.0 Å². The number of nitrogens with zero attached hydrogens (tertiary/aromatic N) is 3. The van der Waals surface area contributed by atoms with E-state index < -0.39 is 17.3 Å². The van der Waals surface area contributed by atoms with Crippen LogP contribution in [0.5, 0.6) is 0 Å². The van der Waals surface area contributed by atoms with Crippen molar-refractivity contribution in [2.45, 2.75) is 19.9 Å². The van der Waals surface area contributed by atoms with E-state index in [9.17, 15) is 14.4 Å². The van der Waals surface area contributed by atoms with Gasteiger partial charge in [0.25, 0.3) is 0 Å². The Kier molecular flexibility index (Phi) is 4.71. The monoisotopic (exact) mass is 413 g/mol. The zero-order chi connectivity index (χ0) is 20.7. The highest BCUT2D eigenvalue weighted by atomic mass is 35.5. The van der Waals surface area contributed by atoms with Gasteiger partial charge in [-0.2, -0.15) is 0 Å². The molecule has 8 nitrogen and oxygen atoms in total. The summed E-state index contributed by atoms with van der Waals surface area (Å²) in [5.74, 6) is -0.556. The first kappa shape index (κ1) is 18.9. The average Bonchev–Trinajstić information content (AvgIpc) is 3.02. The van der Waals surface area contributed by atoms with Crippen LogP contribution in [0.4, 0.5) is 0 Å². The standard InChI is InChI=1S/C20H16ClN3O5/c1-3-11-6-16-14(8-15(11)21)13(7-18(25)29-16)10-24-20(27)23-9-12(19(26)28-2)4-5-17(23)22-24/h4-9H,3,10H2,1-2H3. The highest BCUT2D eigenvalue weighted by Crippen LogP contribution is 2.26. The van der Waals surface area contributed by atoms with Crippen molar-refractivity contribution in [2.75, 3.05) is 7.11 Å². The van der Waals surface area contributed by atoms with Gasteiger partial charge in [-0.05, 0) is 41.8 Å². The molecular formula is C20H16ClN3O5. The molecule has 4 rings (SSSR count). The third-order valence-corrected chi connectivity index (χ3v) is 5.05. The second-order valence-electron chi connectivity index (χ2n) is 6.46. The molecule has 0 unspecified atom stereocenters. The van der Waals surface area contributed by atoms with Gasteiger partial charge in [0.05, 0.1) is 19.2 Å². The molecule has 0 aliphatic rings. The molecule has 0 saturated heterocycles. The number of fused-ring (bicyclic) bond motifs is 2. The molecule has 4 aromatic rings. The molecule has 148 valence electrons. The number of hydrogen-bond donors (Lipinski definition) is 0. The van der Waals surface area contributed by atoms with E-state index >= 15 is 0 Å². The molecule has 0 saturated carbocycles. The molecule has 0 aliphatic carbocycles. The van der Waals surface area contributed by atoms with Crippen LogP contribution in [0, 0.1) is 0 Å². The molecule has 0 aliphatic heterocycles. The van der Waals surface area contributed by atoms with Crippen molar-refractivity contribution in [1.82, 2.24) is 14.2 Å². The molecule has 29 heavy (non-hydrogen) atoms. The summed E-state index contributed by atoms with van der Waals surface area (Å²) in [6.45, 7) is 1.99. The Morgan fingerprint density at radius 3 is 2.72 bits per heavy atom. The lowest BCUT2D eigenvalue weighted by Gasteiger charge is -2.08. The quantitative estimate of drug-likeness (QED) is 0.377. The van der Waals surface area contributed by atoms with E-state index in [1.54, 1.807) is 18.2 Å². The first-order valence-electron chi connectivity index (χ1n) is 8.84. The summed E-state index contributed by atoms with van der Waals surface area (Å²) < 4.78 is 12.4. The van der Waals surface area contributed by atoms with E-state index in [0.29, 0.717) is 33.6 Å². The van der Waals surface area contributed by atoms with Crippen LogP contribution in [0.1, 0.15) is 28.4 Å². The van der Waals surface area contributed by atoms with Gasteiger partial charge in [-0.25, -0.2) is 23.5 Å². The van der Waals surface area contributed by atoms with Crippen LogP contribution in [-0.4, -0.2) is 27.3 Å². The van der Waals surface area contributed by atoms with Gasteiger partial charge < -0.3 is 9.15 Å². The molecule has 3 aromatic heterocycles. The molecule has 1 aromatic carbocycles. The van der Waals surface area contributed by atoms with Crippen molar-refractivity contribution in [2.24, 2.45) is 0 Å². The number of carbonyl (C=O) groups is 1. The van der Waals surface area contributed by atoms with Gasteiger partial charge in [-0.1, -0.05) is 18.5 Å². The second kappa shape index (κ2) is 7.21. The normalized spacial score (nSPS) is 11.3. The summed E-state index contributed by atoms with van der Waals surface area (Å²) in [5.41, 5.74) is 1.43. The minimum atomic E-state index is -0.556. The first-order chi connectivity index (χ1) is 13.9. The third-order valence-electron chi connectivity index (χ3n) is 4.70. The van der Waals surface area contributed by atoms with E-state index in [1.165, 1.54) is 34.5 Å². The number of pyridine rings is 1. The van der Waals surface area contributed by atoms with E-state index in [2.05, 4.69) is 9.84 Å². The molecule has 0 N–H and O–H groups in total. The number of hydrogen-bond acceptors (Lipinski definition) is 6. The lowest BCUT2D eigenvalue weighted by Crippen LogP contribution is -2.22. The predicted octanol–water partition coefficient (Wildman–Crippen LogP) is 2.65. The van der Waals surface area contributed by atoms with Crippen molar-refractivity contribution in [1.29, 1.82) is 0 Å². The molecule has 0 radical (unpaired) electrons. The first-order valence-corrected chi connectivity index (χ1v) is 9.21. The summed E-state index contributed by atoms with van der Waals surface area (Å²) in [5, 5.41) is 5.46. The number of halogens is 1. The van der Waals surface area contributed by atoms with Crippen molar-refractivity contribution in [3.8, 4) is 0 Å². The number of benzene rings is 1. The van der Waals surface area contributed by atoms with Crippen LogP contribution < -0.4 is 11.3 Å². The lowest BCUT2D eigenvalue weighted by molar-refractivity contribution is 0.0600.